The largest absolute Gasteiger partial charge is 0.481 e. The van der Waals surface area contributed by atoms with Gasteiger partial charge in [-0.1, -0.05) is 42.5 Å². The number of fused-ring (bicyclic) bond motifs is 1. The number of methoxy groups -OCH3 is 1. The van der Waals surface area contributed by atoms with Crippen LogP contribution in [-0.4, -0.2) is 85.7 Å². The number of carboxylic acid groups (broad SMARTS) is 1. The molecule has 0 saturated carbocycles. The first-order valence-corrected chi connectivity index (χ1v) is 11.7. The number of ether oxygens (including phenoxy) is 1. The summed E-state index contributed by atoms with van der Waals surface area (Å²) in [6.45, 7) is -1.41. The number of carboxylic acids is 1. The van der Waals surface area contributed by atoms with Crippen LogP contribution < -0.4 is 20.4 Å². The average Bonchev–Trinajstić information content (AvgIpc) is 3.03. The van der Waals surface area contributed by atoms with Gasteiger partial charge < -0.3 is 30.2 Å². The Labute approximate surface area is 222 Å². The monoisotopic (exact) mass is 538 g/mol. The van der Waals surface area contributed by atoms with Crippen LogP contribution in [0.2, 0.25) is 0 Å². The Balaban J connectivity index is 1.96. The molecule has 1 aliphatic rings. The molecule has 2 aromatic carbocycles. The normalized spacial score (nSPS) is 15.4. The zero-order valence-corrected chi connectivity index (χ0v) is 20.9. The summed E-state index contributed by atoms with van der Waals surface area (Å²) in [7, 11) is 1.31. The van der Waals surface area contributed by atoms with Crippen LogP contribution >= 0.6 is 0 Å². The number of ketones is 1. The van der Waals surface area contributed by atoms with Crippen LogP contribution in [0.5, 0.6) is 0 Å². The summed E-state index contributed by atoms with van der Waals surface area (Å²) in [4.78, 5) is 89.3. The Morgan fingerprint density at radius 2 is 1.69 bits per heavy atom. The highest BCUT2D eigenvalue weighted by Gasteiger charge is 2.38. The van der Waals surface area contributed by atoms with Gasteiger partial charge in [-0.25, -0.2) is 0 Å². The van der Waals surface area contributed by atoms with Gasteiger partial charge in [0.25, 0.3) is 17.7 Å². The maximum absolute atomic E-state index is 13.7. The second-order valence-electron chi connectivity index (χ2n) is 8.48. The number of hydrogen-bond acceptors (Lipinski definition) is 8. The van der Waals surface area contributed by atoms with Crippen LogP contribution in [0.15, 0.2) is 54.6 Å². The number of amides is 4. The standard InChI is InChI=1S/C26H26N4O9/c1-39-15-22(33)29-12-18(28-25(37)24(36)16-7-3-2-4-8-16)26(38)30(20-10-6-5-9-19(20)29)13-21(32)27-17(14-31)11-23(34)35/h2-10,14,17-18H,11-13,15H2,1H3,(H,27,32)(H,28,37)(H,34,35)/t17-,18-/m0/s1. The van der Waals surface area contributed by atoms with Gasteiger partial charge in [-0.3, -0.25) is 33.7 Å². The summed E-state index contributed by atoms with van der Waals surface area (Å²) in [6, 6.07) is 11.0. The number of Topliss-reactive ketones (excluding diaryl/α,β-unsaturated/α-hetero) is 1. The van der Waals surface area contributed by atoms with Crippen molar-refractivity contribution in [1.82, 2.24) is 10.6 Å². The van der Waals surface area contributed by atoms with E-state index in [1.807, 2.05) is 0 Å². The molecule has 0 radical (unpaired) electrons. The van der Waals surface area contributed by atoms with Gasteiger partial charge in [0, 0.05) is 12.7 Å². The lowest BCUT2D eigenvalue weighted by Gasteiger charge is -2.25. The van der Waals surface area contributed by atoms with Crippen molar-refractivity contribution in [2.45, 2.75) is 18.5 Å². The molecule has 3 N–H and O–H groups in total. The molecular formula is C26H26N4O9. The molecule has 4 amide bonds. The van der Waals surface area contributed by atoms with Crippen molar-refractivity contribution in [3.63, 3.8) is 0 Å². The molecule has 0 unspecified atom stereocenters. The van der Waals surface area contributed by atoms with E-state index in [4.69, 9.17) is 9.84 Å². The number of aliphatic carboxylic acids is 1. The first kappa shape index (κ1) is 28.7. The highest BCUT2D eigenvalue weighted by atomic mass is 16.5. The fraction of sp³-hybridized carbons (Fsp3) is 0.269. The predicted octanol–water partition coefficient (Wildman–Crippen LogP) is -0.461. The SMILES string of the molecule is COCC(=O)N1C[C@H](NC(=O)C(=O)c2ccccc2)C(=O)N(CC(=O)N[C@H](C=O)CC(=O)O)c2ccccc21. The molecule has 13 heteroatoms. The first-order valence-electron chi connectivity index (χ1n) is 11.7. The number of hydrogen-bond donors (Lipinski definition) is 3. The third-order valence-electron chi connectivity index (χ3n) is 5.72. The molecule has 0 fully saturated rings. The lowest BCUT2D eigenvalue weighted by atomic mass is 10.1. The summed E-state index contributed by atoms with van der Waals surface area (Å²) in [5, 5.41) is 13.6. The Hall–Kier alpha value is -4.91. The maximum Gasteiger partial charge on any atom is 0.305 e. The molecule has 1 heterocycles. The average molecular weight is 539 g/mol. The molecule has 0 bridgehead atoms. The fourth-order valence-electron chi connectivity index (χ4n) is 3.96. The molecule has 39 heavy (non-hydrogen) atoms. The minimum atomic E-state index is -1.45. The molecule has 0 aliphatic carbocycles. The van der Waals surface area contributed by atoms with Crippen molar-refractivity contribution in [2.24, 2.45) is 0 Å². The van der Waals surface area contributed by atoms with E-state index in [1.54, 1.807) is 30.3 Å². The van der Waals surface area contributed by atoms with Crippen molar-refractivity contribution in [2.75, 3.05) is 36.6 Å². The van der Waals surface area contributed by atoms with Gasteiger partial charge in [0.05, 0.1) is 30.4 Å². The van der Waals surface area contributed by atoms with E-state index >= 15 is 0 Å². The first-order chi connectivity index (χ1) is 18.7. The smallest absolute Gasteiger partial charge is 0.305 e. The predicted molar refractivity (Wildman–Crippen MR) is 136 cm³/mol. The van der Waals surface area contributed by atoms with E-state index in [-0.39, 0.29) is 36.4 Å². The molecule has 0 saturated heterocycles. The van der Waals surface area contributed by atoms with E-state index in [9.17, 15) is 33.6 Å². The quantitative estimate of drug-likeness (QED) is 0.194. The number of aldehydes is 1. The molecule has 2 atom stereocenters. The lowest BCUT2D eigenvalue weighted by molar-refractivity contribution is -0.139. The summed E-state index contributed by atoms with van der Waals surface area (Å²) in [5.41, 5.74) is 0.444. The van der Waals surface area contributed by atoms with Crippen molar-refractivity contribution >= 4 is 53.0 Å². The molecule has 204 valence electrons. The van der Waals surface area contributed by atoms with E-state index in [1.165, 1.54) is 36.3 Å². The molecule has 0 spiro atoms. The summed E-state index contributed by atoms with van der Waals surface area (Å²) in [5.74, 6) is -5.57. The van der Waals surface area contributed by atoms with Gasteiger partial charge >= 0.3 is 5.97 Å². The van der Waals surface area contributed by atoms with Crippen LogP contribution in [0.1, 0.15) is 16.8 Å². The van der Waals surface area contributed by atoms with Crippen molar-refractivity contribution in [1.29, 1.82) is 0 Å². The number of nitrogens with one attached hydrogen (secondary N) is 2. The second kappa shape index (κ2) is 13.1. The van der Waals surface area contributed by atoms with Crippen LogP contribution in [0.4, 0.5) is 11.4 Å². The third kappa shape index (κ3) is 7.11. The van der Waals surface area contributed by atoms with Crippen LogP contribution in [0.25, 0.3) is 0 Å². The van der Waals surface area contributed by atoms with Crippen molar-refractivity contribution in [3.8, 4) is 0 Å². The fourth-order valence-corrected chi connectivity index (χ4v) is 3.96. The number of rotatable bonds is 11. The molecule has 13 nitrogen and oxygen atoms in total. The van der Waals surface area contributed by atoms with E-state index in [0.29, 0.717) is 0 Å². The summed E-state index contributed by atoms with van der Waals surface area (Å²) < 4.78 is 4.95. The highest BCUT2D eigenvalue weighted by Crippen LogP contribution is 2.33. The van der Waals surface area contributed by atoms with Gasteiger partial charge in [-0.15, -0.1) is 0 Å². The van der Waals surface area contributed by atoms with Crippen molar-refractivity contribution < 1.29 is 43.4 Å². The number of para-hydroxylation sites is 2. The molecule has 1 aliphatic heterocycles. The topological polar surface area (TPSA) is 179 Å². The number of nitrogens with zero attached hydrogens (tertiary/aromatic N) is 2. The van der Waals surface area contributed by atoms with Gasteiger partial charge in [0.1, 0.15) is 25.5 Å². The van der Waals surface area contributed by atoms with Gasteiger partial charge in [0.2, 0.25) is 11.7 Å². The highest BCUT2D eigenvalue weighted by molar-refractivity contribution is 6.43. The molecule has 2 aromatic rings. The Kier molecular flexibility index (Phi) is 9.59. The van der Waals surface area contributed by atoms with E-state index < -0.39 is 60.4 Å². The molecule has 0 aromatic heterocycles. The van der Waals surface area contributed by atoms with Gasteiger partial charge in [0.15, 0.2) is 0 Å². The molecular weight excluding hydrogens is 512 g/mol. The van der Waals surface area contributed by atoms with E-state index in [2.05, 4.69) is 10.6 Å². The number of carbonyl (C=O) groups is 7. The zero-order chi connectivity index (χ0) is 28.5. The molecule has 3 rings (SSSR count). The second-order valence-corrected chi connectivity index (χ2v) is 8.48. The Morgan fingerprint density at radius 3 is 2.31 bits per heavy atom. The van der Waals surface area contributed by atoms with Crippen LogP contribution in [0.3, 0.4) is 0 Å². The van der Waals surface area contributed by atoms with E-state index in [0.717, 1.165) is 4.90 Å². The minimum absolute atomic E-state index is 0.0845. The summed E-state index contributed by atoms with van der Waals surface area (Å²) >= 11 is 0. The number of anilines is 2. The van der Waals surface area contributed by atoms with Crippen LogP contribution in [-0.2, 0) is 33.5 Å². The maximum atomic E-state index is 13.7. The zero-order valence-electron chi connectivity index (χ0n) is 20.9. The number of carbonyl (C=O) groups excluding carboxylic acids is 6. The Bertz CT molecular complexity index is 1280. The minimum Gasteiger partial charge on any atom is -0.481 e. The van der Waals surface area contributed by atoms with Gasteiger partial charge in [-0.05, 0) is 12.1 Å². The van der Waals surface area contributed by atoms with Gasteiger partial charge in [-0.2, -0.15) is 0 Å². The third-order valence-corrected chi connectivity index (χ3v) is 5.72. The van der Waals surface area contributed by atoms with Crippen molar-refractivity contribution in [3.05, 3.63) is 60.2 Å². The Morgan fingerprint density at radius 1 is 1.05 bits per heavy atom. The lowest BCUT2D eigenvalue weighted by Crippen LogP contribution is -2.56. The van der Waals surface area contributed by atoms with Crippen LogP contribution in [0, 0.1) is 0 Å². The number of benzene rings is 2. The summed E-state index contributed by atoms with van der Waals surface area (Å²) in [6.07, 6.45) is -0.410.